The lowest BCUT2D eigenvalue weighted by molar-refractivity contribution is -0.132. The third-order valence-electron chi connectivity index (χ3n) is 10.7. The number of carbonyl (C=O) groups excluding carboxylic acids is 2. The lowest BCUT2D eigenvalue weighted by Crippen LogP contribution is -2.26. The van der Waals surface area contributed by atoms with Crippen LogP contribution in [0, 0.1) is 19.8 Å². The van der Waals surface area contributed by atoms with Gasteiger partial charge < -0.3 is 26.6 Å². The Bertz CT molecular complexity index is 2950. The van der Waals surface area contributed by atoms with Crippen molar-refractivity contribution in [2.24, 2.45) is 0 Å². The maximum Gasteiger partial charge on any atom is 0.390 e. The minimum Gasteiger partial charge on any atom is -0.382 e. The van der Waals surface area contributed by atoms with Gasteiger partial charge in [-0.2, -0.15) is 35.8 Å². The number of hydrogen-bond acceptors (Lipinski definition) is 10. The predicted octanol–water partition coefficient (Wildman–Crippen LogP) is 9.96. The normalized spacial score (nSPS) is 13.8. The molecule has 2 fully saturated rings. The number of carbonyl (C=O) groups is 2. The summed E-state index contributed by atoms with van der Waals surface area (Å²) in [7, 11) is 0. The highest BCUT2D eigenvalue weighted by Crippen LogP contribution is 2.32. The lowest BCUT2D eigenvalue weighted by Gasteiger charge is -2.13. The number of pyridine rings is 1. The number of hydrogen-bond donors (Lipinski definition) is 5. The molecular formula is C45H42BrF7N12O2. The van der Waals surface area contributed by atoms with Crippen LogP contribution >= 0.6 is 15.9 Å². The Balaban J connectivity index is 0.000000186. The van der Waals surface area contributed by atoms with Crippen LogP contribution in [0.2, 0.25) is 0 Å². The first-order chi connectivity index (χ1) is 31.9. The van der Waals surface area contributed by atoms with Gasteiger partial charge in [0, 0.05) is 53.5 Å². The van der Waals surface area contributed by atoms with Gasteiger partial charge in [0.15, 0.2) is 17.1 Å². The number of aryl methyl sites for hydroxylation is 2. The van der Waals surface area contributed by atoms with E-state index in [1.807, 2.05) is 32.0 Å². The van der Waals surface area contributed by atoms with E-state index >= 15 is 0 Å². The number of aromatic nitrogens is 7. The van der Waals surface area contributed by atoms with Crippen molar-refractivity contribution in [2.45, 2.75) is 76.8 Å². The van der Waals surface area contributed by atoms with Crippen LogP contribution in [-0.4, -0.2) is 83.5 Å². The predicted molar refractivity (Wildman–Crippen MR) is 241 cm³/mol. The van der Waals surface area contributed by atoms with Crippen LogP contribution in [0.15, 0.2) is 83.9 Å². The Morgan fingerprint density at radius 3 is 1.60 bits per heavy atom. The van der Waals surface area contributed by atoms with Crippen molar-refractivity contribution in [1.82, 2.24) is 44.8 Å². The molecule has 350 valence electrons. The van der Waals surface area contributed by atoms with Gasteiger partial charge in [0.1, 0.15) is 4.60 Å². The summed E-state index contributed by atoms with van der Waals surface area (Å²) in [5, 5.41) is 23.5. The zero-order valence-electron chi connectivity index (χ0n) is 35.8. The van der Waals surface area contributed by atoms with Gasteiger partial charge in [-0.3, -0.25) is 9.59 Å². The van der Waals surface area contributed by atoms with Crippen molar-refractivity contribution < 1.29 is 40.3 Å². The van der Waals surface area contributed by atoms with Gasteiger partial charge in [-0.15, -0.1) is 5.10 Å². The smallest absolute Gasteiger partial charge is 0.382 e. The third kappa shape index (κ3) is 12.0. The monoisotopic (exact) mass is 994 g/mol. The molecule has 2 aliphatic rings. The molecule has 7 aromatic rings. The third-order valence-corrected chi connectivity index (χ3v) is 11.1. The topological polar surface area (TPSA) is 168 Å². The van der Waals surface area contributed by atoms with Crippen LogP contribution in [0.25, 0.3) is 33.8 Å². The fraction of sp³-hybridized carbons (Fsp3) is 0.311. The van der Waals surface area contributed by atoms with Gasteiger partial charge in [-0.25, -0.2) is 24.0 Å². The Kier molecular flexibility index (Phi) is 13.4. The molecule has 14 nitrogen and oxygen atoms in total. The minimum absolute atomic E-state index is 0.0864. The van der Waals surface area contributed by atoms with Crippen LogP contribution in [0.3, 0.4) is 0 Å². The molecule has 0 atom stereocenters. The highest BCUT2D eigenvalue weighted by Gasteiger charge is 2.29. The number of benzene rings is 2. The zero-order valence-corrected chi connectivity index (χ0v) is 37.4. The van der Waals surface area contributed by atoms with E-state index in [0.717, 1.165) is 47.9 Å². The summed E-state index contributed by atoms with van der Waals surface area (Å²) in [5.74, 6) is -0.577. The van der Waals surface area contributed by atoms with Crippen molar-refractivity contribution in [3.63, 3.8) is 0 Å². The fourth-order valence-electron chi connectivity index (χ4n) is 7.03. The van der Waals surface area contributed by atoms with Gasteiger partial charge in [0.25, 0.3) is 11.8 Å². The molecule has 2 aliphatic carbocycles. The summed E-state index contributed by atoms with van der Waals surface area (Å²) in [4.78, 5) is 37.2. The van der Waals surface area contributed by atoms with Crippen LogP contribution in [0.1, 0.15) is 70.4 Å². The van der Waals surface area contributed by atoms with E-state index in [1.165, 1.54) is 28.9 Å². The van der Waals surface area contributed by atoms with E-state index in [1.54, 1.807) is 41.2 Å². The van der Waals surface area contributed by atoms with E-state index < -0.39 is 31.1 Å². The highest BCUT2D eigenvalue weighted by atomic mass is 79.9. The number of fused-ring (bicyclic) bond motifs is 2. The lowest BCUT2D eigenvalue weighted by atomic mass is 10.0. The Morgan fingerprint density at radius 1 is 0.657 bits per heavy atom. The molecule has 2 amide bonds. The minimum atomic E-state index is -4.32. The zero-order chi connectivity index (χ0) is 47.6. The van der Waals surface area contributed by atoms with Crippen LogP contribution < -0.4 is 26.6 Å². The molecular weight excluding hydrogens is 953 g/mol. The fourth-order valence-corrected chi connectivity index (χ4v) is 7.42. The molecule has 0 saturated heterocycles. The van der Waals surface area contributed by atoms with E-state index in [4.69, 9.17) is 0 Å². The molecule has 9 rings (SSSR count). The highest BCUT2D eigenvalue weighted by molar-refractivity contribution is 9.10. The Labute approximate surface area is 386 Å². The van der Waals surface area contributed by atoms with Crippen molar-refractivity contribution in [1.29, 1.82) is 0 Å². The number of amides is 2. The Hall–Kier alpha value is -6.84. The SMILES string of the molecule is Cc1cc(-c2cnc3c(NCCC(F)(F)F)cc(Br)nn23)ccc1C(=O)NC1CC1.Cc1cc(-c2cnc3c(NCCC(F)(F)F)cc(Nc4ccc(F)nc4)nn23)ccc1C(=O)NC1CC1. The maximum absolute atomic E-state index is 13.2. The van der Waals surface area contributed by atoms with Crippen molar-refractivity contribution in [2.75, 3.05) is 29.0 Å². The number of rotatable bonds is 14. The van der Waals surface area contributed by atoms with E-state index in [0.29, 0.717) is 55.5 Å². The first-order valence-electron chi connectivity index (χ1n) is 21.1. The summed E-state index contributed by atoms with van der Waals surface area (Å²) in [6.07, 6.45) is -2.06. The number of nitrogens with zero attached hydrogens (tertiary/aromatic N) is 7. The number of nitrogens with one attached hydrogen (secondary N) is 5. The van der Waals surface area contributed by atoms with Gasteiger partial charge in [0.05, 0.1) is 59.9 Å². The Morgan fingerprint density at radius 2 is 1.15 bits per heavy atom. The quantitative estimate of drug-likeness (QED) is 0.0523. The maximum atomic E-state index is 13.2. The molecule has 5 N–H and O–H groups in total. The van der Waals surface area contributed by atoms with Crippen molar-refractivity contribution in [3.8, 4) is 22.5 Å². The van der Waals surface area contributed by atoms with Crippen LogP contribution in [0.4, 0.5) is 53.6 Å². The largest absolute Gasteiger partial charge is 0.390 e. The molecule has 0 aliphatic heterocycles. The molecule has 5 heterocycles. The second-order valence-electron chi connectivity index (χ2n) is 16.2. The number of alkyl halides is 6. The van der Waals surface area contributed by atoms with Crippen molar-refractivity contribution in [3.05, 3.63) is 112 Å². The summed E-state index contributed by atoms with van der Waals surface area (Å²) in [6, 6.07) is 17.1. The summed E-state index contributed by atoms with van der Waals surface area (Å²) < 4.78 is 92.4. The first kappa shape index (κ1) is 46.7. The number of halogens is 8. The summed E-state index contributed by atoms with van der Waals surface area (Å²) in [5.41, 5.74) is 7.51. The number of imidazole rings is 2. The second-order valence-corrected chi connectivity index (χ2v) is 17.0. The average molecular weight is 996 g/mol. The first-order valence-corrected chi connectivity index (χ1v) is 21.9. The molecule has 0 unspecified atom stereocenters. The van der Waals surface area contributed by atoms with Gasteiger partial charge in [-0.05, 0) is 109 Å². The summed E-state index contributed by atoms with van der Waals surface area (Å²) >= 11 is 3.31. The average Bonchev–Trinajstić information content (AvgIpc) is 4.17. The molecule has 2 aromatic carbocycles. The van der Waals surface area contributed by atoms with Crippen molar-refractivity contribution >= 4 is 61.9 Å². The molecule has 0 spiro atoms. The molecule has 5 aromatic heterocycles. The second kappa shape index (κ2) is 19.2. The molecule has 0 radical (unpaired) electrons. The van der Waals surface area contributed by atoms with Gasteiger partial charge in [0.2, 0.25) is 5.95 Å². The molecule has 0 bridgehead atoms. The van der Waals surface area contributed by atoms with Gasteiger partial charge >= 0.3 is 12.4 Å². The van der Waals surface area contributed by atoms with Gasteiger partial charge in [-0.1, -0.05) is 12.1 Å². The van der Waals surface area contributed by atoms with E-state index in [2.05, 4.69) is 67.7 Å². The molecule has 22 heteroatoms. The number of anilines is 4. The molecule has 67 heavy (non-hydrogen) atoms. The van der Waals surface area contributed by atoms with Crippen LogP contribution in [0.5, 0.6) is 0 Å². The standard InChI is InChI=1S/C25H23F4N7O.C20H19BrF3N5O/c1-14-10-15(2-6-18(14)24(37)34-16-3-4-16)20-13-32-23-19(30-9-8-25(27,28)29)11-22(35-36(20)23)33-17-5-7-21(26)31-12-17;1-11-8-12(2-5-14(11)19(30)27-13-3-4-13)16-10-26-18-15(9-17(21)28-29(16)18)25-7-6-20(22,23)24/h2,5-7,10-13,16,30H,3-4,8-9H2,1H3,(H,33,35)(H,34,37);2,5,8-10,13,25H,3-4,6-7H2,1H3,(H,27,30). The van der Waals surface area contributed by atoms with E-state index in [9.17, 15) is 40.3 Å². The summed E-state index contributed by atoms with van der Waals surface area (Å²) in [6.45, 7) is 3.08. The van der Waals surface area contributed by atoms with Crippen LogP contribution in [-0.2, 0) is 0 Å². The van der Waals surface area contributed by atoms with E-state index in [-0.39, 0.29) is 42.8 Å². The molecule has 2 saturated carbocycles.